The van der Waals surface area contributed by atoms with E-state index < -0.39 is 6.61 Å². The molecule has 0 bridgehead atoms. The maximum absolute atomic E-state index is 12.2. The van der Waals surface area contributed by atoms with Crippen molar-refractivity contribution in [2.45, 2.75) is 19.1 Å². The van der Waals surface area contributed by atoms with E-state index in [1.54, 1.807) is 23.5 Å². The van der Waals surface area contributed by atoms with Crippen molar-refractivity contribution in [3.63, 3.8) is 0 Å². The van der Waals surface area contributed by atoms with Gasteiger partial charge in [-0.25, -0.2) is 0 Å². The summed E-state index contributed by atoms with van der Waals surface area (Å²) < 4.78 is 30.0. The second-order valence-corrected chi connectivity index (χ2v) is 6.75. The first-order valence-electron chi connectivity index (χ1n) is 6.04. The van der Waals surface area contributed by atoms with Gasteiger partial charge in [-0.15, -0.1) is 11.3 Å². The molecular weight excluding hydrogens is 348 g/mol. The molecule has 2 nitrogen and oxygen atoms in total. The average Bonchev–Trinajstić information content (AvgIpc) is 2.81. The van der Waals surface area contributed by atoms with Crippen molar-refractivity contribution >= 4 is 27.3 Å². The number of rotatable bonds is 6. The maximum atomic E-state index is 12.2. The standard InChI is InChI=1S/C14H14BrF2NOS/c1-18-12(8-11-5-6-13(15)20-11)9-3-2-4-10(7-9)19-14(16)17/h2-7,12,14,18H,8H2,1H3. The van der Waals surface area contributed by atoms with Crippen LogP contribution >= 0.6 is 27.3 Å². The van der Waals surface area contributed by atoms with Gasteiger partial charge in [-0.2, -0.15) is 8.78 Å². The predicted molar refractivity (Wildman–Crippen MR) is 80.6 cm³/mol. The van der Waals surface area contributed by atoms with Crippen molar-refractivity contribution in [3.8, 4) is 5.75 Å². The molecule has 0 saturated carbocycles. The highest BCUT2D eigenvalue weighted by Gasteiger charge is 2.13. The minimum Gasteiger partial charge on any atom is -0.435 e. The predicted octanol–water partition coefficient (Wildman–Crippen LogP) is 4.62. The summed E-state index contributed by atoms with van der Waals surface area (Å²) in [6.07, 6.45) is 0.797. The van der Waals surface area contributed by atoms with Crippen LogP contribution in [-0.4, -0.2) is 13.7 Å². The molecule has 0 spiro atoms. The summed E-state index contributed by atoms with van der Waals surface area (Å²) in [5, 5.41) is 3.20. The van der Waals surface area contributed by atoms with Crippen LogP contribution in [0, 0.1) is 0 Å². The number of halogens is 3. The lowest BCUT2D eigenvalue weighted by atomic mass is 10.0. The summed E-state index contributed by atoms with van der Waals surface area (Å²) in [6, 6.07) is 10.9. The van der Waals surface area contributed by atoms with Gasteiger partial charge in [0.05, 0.1) is 3.79 Å². The Bertz CT molecular complexity index is 562. The smallest absolute Gasteiger partial charge is 0.387 e. The summed E-state index contributed by atoms with van der Waals surface area (Å²) in [5.74, 6) is 0.185. The highest BCUT2D eigenvalue weighted by Crippen LogP contribution is 2.28. The van der Waals surface area contributed by atoms with Crippen molar-refractivity contribution in [1.29, 1.82) is 0 Å². The number of benzene rings is 1. The quantitative estimate of drug-likeness (QED) is 0.810. The monoisotopic (exact) mass is 361 g/mol. The molecule has 0 fully saturated rings. The third kappa shape index (κ3) is 4.26. The van der Waals surface area contributed by atoms with Crippen LogP contribution in [0.2, 0.25) is 0 Å². The minimum atomic E-state index is -2.80. The normalized spacial score (nSPS) is 12.7. The van der Waals surface area contributed by atoms with Crippen molar-refractivity contribution in [1.82, 2.24) is 5.32 Å². The Morgan fingerprint density at radius 2 is 2.10 bits per heavy atom. The summed E-state index contributed by atoms with van der Waals surface area (Å²) in [6.45, 7) is -2.80. The summed E-state index contributed by atoms with van der Waals surface area (Å²) in [5.41, 5.74) is 0.926. The van der Waals surface area contributed by atoms with Crippen LogP contribution in [0.25, 0.3) is 0 Å². The first-order valence-corrected chi connectivity index (χ1v) is 7.65. The van der Waals surface area contributed by atoms with Crippen molar-refractivity contribution < 1.29 is 13.5 Å². The van der Waals surface area contributed by atoms with Gasteiger partial charge in [0, 0.05) is 17.3 Å². The maximum Gasteiger partial charge on any atom is 0.387 e. The molecule has 0 amide bonds. The van der Waals surface area contributed by atoms with E-state index >= 15 is 0 Å². The number of thiophene rings is 1. The molecule has 108 valence electrons. The van der Waals surface area contributed by atoms with Gasteiger partial charge in [0.25, 0.3) is 0 Å². The van der Waals surface area contributed by atoms with Gasteiger partial charge >= 0.3 is 6.61 Å². The lowest BCUT2D eigenvalue weighted by Crippen LogP contribution is -2.18. The molecule has 1 aromatic heterocycles. The van der Waals surface area contributed by atoms with E-state index in [0.29, 0.717) is 0 Å². The molecule has 0 aliphatic heterocycles. The van der Waals surface area contributed by atoms with E-state index in [4.69, 9.17) is 0 Å². The topological polar surface area (TPSA) is 21.3 Å². The van der Waals surface area contributed by atoms with Crippen LogP contribution in [0.15, 0.2) is 40.2 Å². The van der Waals surface area contributed by atoms with E-state index in [1.807, 2.05) is 19.2 Å². The minimum absolute atomic E-state index is 0.0572. The fourth-order valence-electron chi connectivity index (χ4n) is 1.96. The number of hydrogen-bond acceptors (Lipinski definition) is 3. The Labute approximate surface area is 128 Å². The zero-order valence-electron chi connectivity index (χ0n) is 10.8. The lowest BCUT2D eigenvalue weighted by Gasteiger charge is -2.17. The van der Waals surface area contributed by atoms with Crippen LogP contribution in [0.4, 0.5) is 8.78 Å². The highest BCUT2D eigenvalue weighted by molar-refractivity contribution is 9.11. The number of ether oxygens (including phenoxy) is 1. The molecule has 2 aromatic rings. The van der Waals surface area contributed by atoms with E-state index in [9.17, 15) is 8.78 Å². The van der Waals surface area contributed by atoms with Crippen LogP contribution < -0.4 is 10.1 Å². The molecule has 2 rings (SSSR count). The first-order chi connectivity index (χ1) is 9.58. The molecule has 1 aromatic carbocycles. The molecule has 0 saturated heterocycles. The number of likely N-dealkylation sites (N-methyl/N-ethyl adjacent to an activating group) is 1. The first kappa shape index (κ1) is 15.4. The SMILES string of the molecule is CNC(Cc1ccc(Br)s1)c1cccc(OC(F)F)c1. The Morgan fingerprint density at radius 1 is 1.30 bits per heavy atom. The molecule has 0 radical (unpaired) electrons. The van der Waals surface area contributed by atoms with Gasteiger partial charge in [0.15, 0.2) is 0 Å². The van der Waals surface area contributed by atoms with Gasteiger partial charge in [-0.3, -0.25) is 0 Å². The Hall–Kier alpha value is -0.980. The summed E-state index contributed by atoms with van der Waals surface area (Å²) in [4.78, 5) is 1.22. The summed E-state index contributed by atoms with van der Waals surface area (Å²) >= 11 is 5.10. The molecule has 20 heavy (non-hydrogen) atoms. The molecule has 0 aliphatic carbocycles. The highest BCUT2D eigenvalue weighted by atomic mass is 79.9. The second-order valence-electron chi connectivity index (χ2n) is 4.20. The van der Waals surface area contributed by atoms with Crippen molar-refractivity contribution in [3.05, 3.63) is 50.6 Å². The van der Waals surface area contributed by atoms with Gasteiger partial charge in [0.1, 0.15) is 5.75 Å². The molecule has 1 N–H and O–H groups in total. The largest absolute Gasteiger partial charge is 0.435 e. The molecule has 0 aliphatic rings. The second kappa shape index (κ2) is 7.15. The van der Waals surface area contributed by atoms with E-state index in [-0.39, 0.29) is 11.8 Å². The van der Waals surface area contributed by atoms with E-state index in [0.717, 1.165) is 15.8 Å². The average molecular weight is 362 g/mol. The third-order valence-corrected chi connectivity index (χ3v) is 4.51. The van der Waals surface area contributed by atoms with Crippen molar-refractivity contribution in [2.75, 3.05) is 7.05 Å². The zero-order valence-corrected chi connectivity index (χ0v) is 13.2. The Balaban J connectivity index is 2.14. The molecule has 1 unspecified atom stereocenters. The fourth-order valence-corrected chi connectivity index (χ4v) is 3.49. The van der Waals surface area contributed by atoms with Crippen molar-refractivity contribution in [2.24, 2.45) is 0 Å². The molecule has 1 atom stereocenters. The Kier molecular flexibility index (Phi) is 5.51. The lowest BCUT2D eigenvalue weighted by molar-refractivity contribution is -0.0499. The number of nitrogens with one attached hydrogen (secondary N) is 1. The van der Waals surface area contributed by atoms with Gasteiger partial charge in [-0.1, -0.05) is 12.1 Å². The number of hydrogen-bond donors (Lipinski definition) is 1. The Morgan fingerprint density at radius 3 is 2.70 bits per heavy atom. The molecule has 6 heteroatoms. The van der Waals surface area contributed by atoms with Gasteiger partial charge < -0.3 is 10.1 Å². The molecular formula is C14H14BrF2NOS. The summed E-state index contributed by atoms with van der Waals surface area (Å²) in [7, 11) is 1.86. The third-order valence-electron chi connectivity index (χ3n) is 2.87. The zero-order chi connectivity index (χ0) is 14.5. The number of alkyl halides is 2. The van der Waals surface area contributed by atoms with E-state index in [1.165, 1.54) is 10.9 Å². The van der Waals surface area contributed by atoms with Gasteiger partial charge in [-0.05, 0) is 52.8 Å². The van der Waals surface area contributed by atoms with Crippen LogP contribution in [-0.2, 0) is 6.42 Å². The van der Waals surface area contributed by atoms with E-state index in [2.05, 4.69) is 32.0 Å². The van der Waals surface area contributed by atoms with Crippen LogP contribution in [0.1, 0.15) is 16.5 Å². The van der Waals surface area contributed by atoms with Crippen LogP contribution in [0.3, 0.4) is 0 Å². The van der Waals surface area contributed by atoms with Gasteiger partial charge in [0.2, 0.25) is 0 Å². The molecule has 1 heterocycles. The fraction of sp³-hybridized carbons (Fsp3) is 0.286. The van der Waals surface area contributed by atoms with Crippen LogP contribution in [0.5, 0.6) is 5.75 Å².